The molecule has 2 aliphatic rings. The summed E-state index contributed by atoms with van der Waals surface area (Å²) in [5.41, 5.74) is 4.89. The zero-order valence-corrected chi connectivity index (χ0v) is 15.5. The maximum absolute atomic E-state index is 12.8. The van der Waals surface area contributed by atoms with Gasteiger partial charge < -0.3 is 15.0 Å². The van der Waals surface area contributed by atoms with Crippen LogP contribution in [0.5, 0.6) is 5.75 Å². The third kappa shape index (κ3) is 3.54. The Morgan fingerprint density at radius 1 is 1.35 bits per heavy atom. The van der Waals surface area contributed by atoms with Gasteiger partial charge in [-0.05, 0) is 49.3 Å². The van der Waals surface area contributed by atoms with Crippen LogP contribution >= 0.6 is 0 Å². The predicted molar refractivity (Wildman–Crippen MR) is 99.0 cm³/mol. The molecule has 0 saturated heterocycles. The summed E-state index contributed by atoms with van der Waals surface area (Å²) < 4.78 is 7.32. The summed E-state index contributed by atoms with van der Waals surface area (Å²) in [5, 5.41) is 7.29. The van der Waals surface area contributed by atoms with Crippen LogP contribution in [0.15, 0.2) is 24.5 Å². The van der Waals surface area contributed by atoms with Gasteiger partial charge in [-0.15, -0.1) is 0 Å². The van der Waals surface area contributed by atoms with Gasteiger partial charge in [0.1, 0.15) is 5.75 Å². The first-order valence-corrected chi connectivity index (χ1v) is 9.34. The minimum absolute atomic E-state index is 0.0149. The maximum Gasteiger partial charge on any atom is 0.318 e. The Hall–Kier alpha value is -2.50. The van der Waals surface area contributed by atoms with Gasteiger partial charge in [-0.3, -0.25) is 4.68 Å². The predicted octanol–water partition coefficient (Wildman–Crippen LogP) is 2.79. The number of hydrogen-bond donors (Lipinski definition) is 1. The molecule has 2 amide bonds. The summed E-state index contributed by atoms with van der Waals surface area (Å²) >= 11 is 0. The van der Waals surface area contributed by atoms with Gasteiger partial charge >= 0.3 is 6.03 Å². The van der Waals surface area contributed by atoms with Crippen LogP contribution in [0.4, 0.5) is 4.79 Å². The van der Waals surface area contributed by atoms with E-state index in [1.54, 1.807) is 11.8 Å². The Morgan fingerprint density at radius 3 is 2.77 bits per heavy atom. The Labute approximate surface area is 154 Å². The van der Waals surface area contributed by atoms with Gasteiger partial charge in [0.25, 0.3) is 0 Å². The van der Waals surface area contributed by atoms with Crippen molar-refractivity contribution in [2.45, 2.75) is 51.2 Å². The van der Waals surface area contributed by atoms with Crippen LogP contribution in [-0.2, 0) is 33.0 Å². The summed E-state index contributed by atoms with van der Waals surface area (Å²) in [4.78, 5) is 14.7. The molecule has 6 nitrogen and oxygen atoms in total. The second-order valence-electron chi connectivity index (χ2n) is 7.33. The van der Waals surface area contributed by atoms with Crippen LogP contribution in [0.25, 0.3) is 0 Å². The number of amides is 2. The summed E-state index contributed by atoms with van der Waals surface area (Å²) in [6, 6.07) is 4.67. The molecule has 26 heavy (non-hydrogen) atoms. The smallest absolute Gasteiger partial charge is 0.318 e. The lowest BCUT2D eigenvalue weighted by Crippen LogP contribution is -2.40. The number of hydrogen-bond acceptors (Lipinski definition) is 3. The van der Waals surface area contributed by atoms with Crippen LogP contribution in [0, 0.1) is 0 Å². The van der Waals surface area contributed by atoms with E-state index in [0.717, 1.165) is 42.6 Å². The van der Waals surface area contributed by atoms with Gasteiger partial charge in [-0.1, -0.05) is 6.07 Å². The van der Waals surface area contributed by atoms with Gasteiger partial charge in [-0.2, -0.15) is 5.10 Å². The van der Waals surface area contributed by atoms with E-state index in [-0.39, 0.29) is 6.03 Å². The number of benzene rings is 1. The molecule has 4 rings (SSSR count). The molecule has 1 saturated carbocycles. The van der Waals surface area contributed by atoms with Gasteiger partial charge in [-0.25, -0.2) is 4.79 Å². The van der Waals surface area contributed by atoms with E-state index in [4.69, 9.17) is 4.74 Å². The van der Waals surface area contributed by atoms with Crippen molar-refractivity contribution in [2.75, 3.05) is 7.11 Å². The van der Waals surface area contributed by atoms with E-state index in [9.17, 15) is 4.79 Å². The molecule has 0 radical (unpaired) electrons. The largest absolute Gasteiger partial charge is 0.496 e. The number of nitrogens with one attached hydrogen (secondary N) is 1. The maximum atomic E-state index is 12.8. The summed E-state index contributed by atoms with van der Waals surface area (Å²) in [5.74, 6) is 0.871. The first-order valence-electron chi connectivity index (χ1n) is 9.34. The highest BCUT2D eigenvalue weighted by Crippen LogP contribution is 2.31. The molecule has 0 unspecified atom stereocenters. The van der Waals surface area contributed by atoms with Crippen molar-refractivity contribution >= 4 is 6.03 Å². The van der Waals surface area contributed by atoms with Crippen LogP contribution in [-0.4, -0.2) is 33.9 Å². The molecule has 1 aromatic heterocycles. The van der Waals surface area contributed by atoms with E-state index in [1.165, 1.54) is 17.5 Å². The Kier molecular flexibility index (Phi) is 4.57. The normalized spacial score (nSPS) is 15.6. The molecule has 1 fully saturated rings. The number of rotatable bonds is 6. The van der Waals surface area contributed by atoms with Gasteiger partial charge in [0, 0.05) is 37.0 Å². The third-order valence-corrected chi connectivity index (χ3v) is 5.28. The number of urea groups is 1. The van der Waals surface area contributed by atoms with Crippen molar-refractivity contribution in [3.8, 4) is 5.75 Å². The lowest BCUT2D eigenvalue weighted by Gasteiger charge is -2.23. The SMILES string of the molecule is COc1cc2c(cc1CNC(=O)N(Cc1cnn(C)c1)C1CC1)CCC2. The zero-order chi connectivity index (χ0) is 18.1. The number of fused-ring (bicyclic) bond motifs is 1. The molecule has 2 aromatic rings. The summed E-state index contributed by atoms with van der Waals surface area (Å²) in [7, 11) is 3.59. The summed E-state index contributed by atoms with van der Waals surface area (Å²) in [6.07, 6.45) is 9.40. The molecular weight excluding hydrogens is 328 g/mol. The Morgan fingerprint density at radius 2 is 2.12 bits per heavy atom. The highest BCUT2D eigenvalue weighted by Gasteiger charge is 2.32. The number of aryl methyl sites for hydroxylation is 3. The molecule has 1 aromatic carbocycles. The fourth-order valence-corrected chi connectivity index (χ4v) is 3.76. The van der Waals surface area contributed by atoms with Gasteiger partial charge in [0.2, 0.25) is 0 Å². The molecule has 2 aliphatic carbocycles. The van der Waals surface area contributed by atoms with Crippen LogP contribution in [0.1, 0.15) is 41.5 Å². The van der Waals surface area contributed by atoms with Crippen molar-refractivity contribution in [3.05, 3.63) is 46.8 Å². The zero-order valence-electron chi connectivity index (χ0n) is 15.5. The second kappa shape index (κ2) is 7.02. The summed E-state index contributed by atoms with van der Waals surface area (Å²) in [6.45, 7) is 1.09. The van der Waals surface area contributed by atoms with Crippen molar-refractivity contribution in [2.24, 2.45) is 7.05 Å². The monoisotopic (exact) mass is 354 g/mol. The fraction of sp³-hybridized carbons (Fsp3) is 0.500. The molecule has 6 heteroatoms. The van der Waals surface area contributed by atoms with Crippen molar-refractivity contribution < 1.29 is 9.53 Å². The van der Waals surface area contributed by atoms with E-state index in [0.29, 0.717) is 19.1 Å². The van der Waals surface area contributed by atoms with E-state index in [2.05, 4.69) is 22.5 Å². The first-order chi connectivity index (χ1) is 12.6. The van der Waals surface area contributed by atoms with Crippen LogP contribution in [0.3, 0.4) is 0 Å². The van der Waals surface area contributed by atoms with E-state index >= 15 is 0 Å². The average molecular weight is 354 g/mol. The highest BCUT2D eigenvalue weighted by molar-refractivity contribution is 5.75. The van der Waals surface area contributed by atoms with Crippen LogP contribution in [0.2, 0.25) is 0 Å². The quantitative estimate of drug-likeness (QED) is 0.868. The number of carbonyl (C=O) groups excluding carboxylic acids is 1. The van der Waals surface area contributed by atoms with E-state index in [1.807, 2.05) is 24.3 Å². The topological polar surface area (TPSA) is 59.4 Å². The molecular formula is C20H26N4O2. The Balaban J connectivity index is 1.44. The van der Waals surface area contributed by atoms with Crippen molar-refractivity contribution in [1.29, 1.82) is 0 Å². The fourth-order valence-electron chi connectivity index (χ4n) is 3.76. The van der Waals surface area contributed by atoms with Gasteiger partial charge in [0.05, 0.1) is 19.9 Å². The average Bonchev–Trinajstić information content (AvgIpc) is 3.23. The number of aromatic nitrogens is 2. The van der Waals surface area contributed by atoms with E-state index < -0.39 is 0 Å². The number of nitrogens with zero attached hydrogens (tertiary/aromatic N) is 3. The lowest BCUT2D eigenvalue weighted by molar-refractivity contribution is 0.191. The standard InChI is InChI=1S/C20H26N4O2/c1-23-12-14(10-22-23)13-24(18-6-7-18)20(25)21-11-17-8-15-4-3-5-16(15)9-19(17)26-2/h8-10,12,18H,3-7,11,13H2,1-2H3,(H,21,25). The minimum atomic E-state index is -0.0149. The Bertz CT molecular complexity index is 810. The molecule has 0 bridgehead atoms. The number of carbonyl (C=O) groups is 1. The van der Waals surface area contributed by atoms with Crippen LogP contribution < -0.4 is 10.1 Å². The molecule has 1 heterocycles. The number of ether oxygens (including phenoxy) is 1. The molecule has 0 spiro atoms. The first kappa shape index (κ1) is 16.9. The minimum Gasteiger partial charge on any atom is -0.496 e. The number of methoxy groups -OCH3 is 1. The third-order valence-electron chi connectivity index (χ3n) is 5.28. The highest BCUT2D eigenvalue weighted by atomic mass is 16.5. The second-order valence-corrected chi connectivity index (χ2v) is 7.33. The molecule has 0 atom stereocenters. The molecule has 1 N–H and O–H groups in total. The van der Waals surface area contributed by atoms with Gasteiger partial charge in [0.15, 0.2) is 0 Å². The molecule has 138 valence electrons. The van der Waals surface area contributed by atoms with Crippen molar-refractivity contribution in [1.82, 2.24) is 20.0 Å². The molecule has 0 aliphatic heterocycles. The lowest BCUT2D eigenvalue weighted by atomic mass is 10.1. The van der Waals surface area contributed by atoms with Crippen molar-refractivity contribution in [3.63, 3.8) is 0 Å².